The topological polar surface area (TPSA) is 89.0 Å². The number of aliphatic hydroxyl groups is 1. The van der Waals surface area contributed by atoms with Crippen LogP contribution in [0.2, 0.25) is 0 Å². The molecule has 1 aromatic heterocycles. The largest absolute Gasteiger partial charge is 0.507 e. The lowest BCUT2D eigenvalue weighted by Gasteiger charge is -2.25. The summed E-state index contributed by atoms with van der Waals surface area (Å²) in [7, 11) is 0. The smallest absolute Gasteiger partial charge is 0.296 e. The van der Waals surface area contributed by atoms with Gasteiger partial charge < -0.3 is 19.5 Å². The fourth-order valence-electron chi connectivity index (χ4n) is 4.84. The Kier molecular flexibility index (Phi) is 8.74. The Bertz CT molecular complexity index is 1520. The van der Waals surface area contributed by atoms with Crippen LogP contribution in [0.3, 0.4) is 0 Å². The number of hydrogen-bond donors (Lipinski definition) is 1. The Labute approximate surface area is 239 Å². The van der Waals surface area contributed by atoms with Gasteiger partial charge in [0.15, 0.2) is 0 Å². The Hall–Kier alpha value is -4.91. The molecule has 1 aliphatic rings. The van der Waals surface area contributed by atoms with Gasteiger partial charge in [-0.15, -0.1) is 0 Å². The van der Waals surface area contributed by atoms with E-state index in [1.807, 2.05) is 42.5 Å². The number of aliphatic hydroxyl groups excluding tert-OH is 1. The summed E-state index contributed by atoms with van der Waals surface area (Å²) in [6, 6.07) is 28.0. The molecule has 1 amide bonds. The SMILES string of the molecule is CCCCCOc1ccc(/C(O)=C2/C(=O)C(=O)N(Cc3ccccn3)C2c2cccc(Oc3ccccc3)c2)cc1. The molecule has 1 N–H and O–H groups in total. The van der Waals surface area contributed by atoms with Crippen LogP contribution in [0.15, 0.2) is 109 Å². The van der Waals surface area contributed by atoms with Gasteiger partial charge in [0, 0.05) is 11.8 Å². The molecule has 5 rings (SSSR count). The standard InChI is InChI=1S/C34H32N2O5/c1-2-3-9-21-40-27-18-16-24(17-19-27)32(37)30-31(36(34(39)33(30)38)23-26-12-7-8-20-35-26)25-11-10-15-29(22-25)41-28-13-5-4-6-14-28/h4-8,10-20,22,31,37H,2-3,9,21,23H2,1H3/b32-30-. The lowest BCUT2D eigenvalue weighted by Crippen LogP contribution is -2.29. The number of ether oxygens (including phenoxy) is 2. The number of unbranched alkanes of at least 4 members (excludes halogenated alkanes) is 2. The Morgan fingerprint density at radius 3 is 2.34 bits per heavy atom. The first kappa shape index (κ1) is 27.6. The van der Waals surface area contributed by atoms with E-state index in [4.69, 9.17) is 9.47 Å². The van der Waals surface area contributed by atoms with Gasteiger partial charge in [0.1, 0.15) is 23.0 Å². The molecule has 1 fully saturated rings. The Morgan fingerprint density at radius 1 is 0.854 bits per heavy atom. The predicted molar refractivity (Wildman–Crippen MR) is 157 cm³/mol. The Balaban J connectivity index is 1.51. The maximum absolute atomic E-state index is 13.5. The van der Waals surface area contributed by atoms with Crippen LogP contribution in [0.5, 0.6) is 17.2 Å². The average molecular weight is 549 g/mol. The number of para-hydroxylation sites is 1. The Morgan fingerprint density at radius 2 is 1.61 bits per heavy atom. The quantitative estimate of drug-likeness (QED) is 0.0934. The van der Waals surface area contributed by atoms with Crippen molar-refractivity contribution in [2.24, 2.45) is 0 Å². The fraction of sp³-hybridized carbons (Fsp3) is 0.206. The maximum atomic E-state index is 13.5. The summed E-state index contributed by atoms with van der Waals surface area (Å²) < 4.78 is 11.8. The van der Waals surface area contributed by atoms with Crippen LogP contribution in [0.25, 0.3) is 5.76 Å². The van der Waals surface area contributed by atoms with Gasteiger partial charge in [0.05, 0.1) is 30.5 Å². The second kappa shape index (κ2) is 13.0. The number of benzene rings is 3. The first-order valence-electron chi connectivity index (χ1n) is 13.8. The molecule has 0 bridgehead atoms. The molecule has 0 aliphatic carbocycles. The van der Waals surface area contributed by atoms with Crippen LogP contribution >= 0.6 is 0 Å². The minimum absolute atomic E-state index is 0.0133. The van der Waals surface area contributed by atoms with Crippen LogP contribution in [-0.4, -0.2) is 33.3 Å². The van der Waals surface area contributed by atoms with E-state index in [9.17, 15) is 14.7 Å². The first-order chi connectivity index (χ1) is 20.0. The number of nitrogens with zero attached hydrogens (tertiary/aromatic N) is 2. The molecule has 1 aliphatic heterocycles. The zero-order chi connectivity index (χ0) is 28.6. The number of hydrogen-bond acceptors (Lipinski definition) is 6. The van der Waals surface area contributed by atoms with Crippen LogP contribution in [0.1, 0.15) is 49.0 Å². The zero-order valence-corrected chi connectivity index (χ0v) is 22.9. The van der Waals surface area contributed by atoms with E-state index in [0.29, 0.717) is 40.7 Å². The van der Waals surface area contributed by atoms with Crippen molar-refractivity contribution < 1.29 is 24.2 Å². The van der Waals surface area contributed by atoms with Gasteiger partial charge in [-0.2, -0.15) is 0 Å². The lowest BCUT2D eigenvalue weighted by atomic mass is 9.95. The van der Waals surface area contributed by atoms with Crippen molar-refractivity contribution >= 4 is 17.4 Å². The second-order valence-corrected chi connectivity index (χ2v) is 9.82. The number of likely N-dealkylation sites (tertiary alicyclic amines) is 1. The molecular weight excluding hydrogens is 516 g/mol. The third-order valence-corrected chi connectivity index (χ3v) is 6.90. The van der Waals surface area contributed by atoms with Gasteiger partial charge in [-0.3, -0.25) is 14.6 Å². The van der Waals surface area contributed by atoms with E-state index < -0.39 is 17.7 Å². The van der Waals surface area contributed by atoms with Crippen molar-refractivity contribution in [3.8, 4) is 17.2 Å². The molecule has 41 heavy (non-hydrogen) atoms. The van der Waals surface area contributed by atoms with E-state index in [1.165, 1.54) is 4.90 Å². The van der Waals surface area contributed by atoms with Gasteiger partial charge in [-0.05, 0) is 72.6 Å². The molecule has 7 heteroatoms. The number of ketones is 1. The maximum Gasteiger partial charge on any atom is 0.296 e. The third-order valence-electron chi connectivity index (χ3n) is 6.90. The van der Waals surface area contributed by atoms with E-state index in [-0.39, 0.29) is 17.9 Å². The van der Waals surface area contributed by atoms with Crippen molar-refractivity contribution in [2.75, 3.05) is 6.61 Å². The fourth-order valence-corrected chi connectivity index (χ4v) is 4.84. The molecule has 2 heterocycles. The summed E-state index contributed by atoms with van der Waals surface area (Å²) in [6.07, 6.45) is 4.80. The summed E-state index contributed by atoms with van der Waals surface area (Å²) in [4.78, 5) is 32.7. The zero-order valence-electron chi connectivity index (χ0n) is 22.9. The number of carbonyl (C=O) groups is 2. The summed E-state index contributed by atoms with van der Waals surface area (Å²) in [5.74, 6) is 0.176. The van der Waals surface area contributed by atoms with E-state index in [0.717, 1.165) is 19.3 Å². The van der Waals surface area contributed by atoms with E-state index in [1.54, 1.807) is 60.8 Å². The number of pyridine rings is 1. The van der Waals surface area contributed by atoms with Crippen molar-refractivity contribution in [1.29, 1.82) is 0 Å². The average Bonchev–Trinajstić information content (AvgIpc) is 3.25. The second-order valence-electron chi connectivity index (χ2n) is 9.82. The summed E-state index contributed by atoms with van der Waals surface area (Å²) in [5.41, 5.74) is 1.69. The van der Waals surface area contributed by atoms with Crippen LogP contribution in [0, 0.1) is 0 Å². The molecule has 1 saturated heterocycles. The molecule has 4 aromatic rings. The van der Waals surface area contributed by atoms with Gasteiger partial charge >= 0.3 is 0 Å². The number of amides is 1. The monoisotopic (exact) mass is 548 g/mol. The highest BCUT2D eigenvalue weighted by atomic mass is 16.5. The summed E-state index contributed by atoms with van der Waals surface area (Å²) in [6.45, 7) is 2.85. The van der Waals surface area contributed by atoms with Gasteiger partial charge in [-0.1, -0.05) is 56.2 Å². The van der Waals surface area contributed by atoms with Crippen LogP contribution in [-0.2, 0) is 16.1 Å². The van der Waals surface area contributed by atoms with Crippen molar-refractivity contribution in [3.63, 3.8) is 0 Å². The lowest BCUT2D eigenvalue weighted by molar-refractivity contribution is -0.140. The highest BCUT2D eigenvalue weighted by molar-refractivity contribution is 6.46. The number of aromatic nitrogens is 1. The van der Waals surface area contributed by atoms with Gasteiger partial charge in [-0.25, -0.2) is 0 Å². The number of rotatable bonds is 11. The summed E-state index contributed by atoms with van der Waals surface area (Å²) >= 11 is 0. The summed E-state index contributed by atoms with van der Waals surface area (Å²) in [5, 5.41) is 11.5. The molecule has 0 radical (unpaired) electrons. The normalized spacial score (nSPS) is 16.1. The number of Topliss-reactive ketones (excluding diaryl/α,β-unsaturated/α-hetero) is 1. The first-order valence-corrected chi connectivity index (χ1v) is 13.8. The van der Waals surface area contributed by atoms with Crippen molar-refractivity contribution in [1.82, 2.24) is 9.88 Å². The van der Waals surface area contributed by atoms with Crippen molar-refractivity contribution in [3.05, 3.63) is 126 Å². The molecular formula is C34H32N2O5. The molecule has 1 unspecified atom stereocenters. The van der Waals surface area contributed by atoms with Crippen LogP contribution < -0.4 is 9.47 Å². The minimum atomic E-state index is -0.846. The third kappa shape index (κ3) is 6.47. The highest BCUT2D eigenvalue weighted by Crippen LogP contribution is 2.41. The number of carbonyl (C=O) groups excluding carboxylic acids is 2. The molecule has 208 valence electrons. The highest BCUT2D eigenvalue weighted by Gasteiger charge is 2.46. The molecule has 7 nitrogen and oxygen atoms in total. The van der Waals surface area contributed by atoms with E-state index >= 15 is 0 Å². The van der Waals surface area contributed by atoms with Crippen molar-refractivity contribution in [2.45, 2.75) is 38.8 Å². The molecule has 0 spiro atoms. The predicted octanol–water partition coefficient (Wildman–Crippen LogP) is 7.06. The van der Waals surface area contributed by atoms with E-state index in [2.05, 4.69) is 11.9 Å². The van der Waals surface area contributed by atoms with Crippen LogP contribution in [0.4, 0.5) is 0 Å². The molecule has 0 saturated carbocycles. The minimum Gasteiger partial charge on any atom is -0.507 e. The van der Waals surface area contributed by atoms with Gasteiger partial charge in [0.2, 0.25) is 0 Å². The molecule has 1 atom stereocenters. The van der Waals surface area contributed by atoms with Gasteiger partial charge in [0.25, 0.3) is 11.7 Å². The molecule has 3 aromatic carbocycles.